The second kappa shape index (κ2) is 9.62. The number of fused-ring (bicyclic) bond motifs is 1. The summed E-state index contributed by atoms with van der Waals surface area (Å²) in [6, 6.07) is 7.98. The van der Waals surface area contributed by atoms with E-state index in [1.165, 1.54) is 10.9 Å². The van der Waals surface area contributed by atoms with Crippen LogP contribution in [0.25, 0.3) is 10.9 Å². The van der Waals surface area contributed by atoms with Gasteiger partial charge in [-0.3, -0.25) is 14.5 Å². The van der Waals surface area contributed by atoms with Crippen LogP contribution in [-0.4, -0.2) is 78.6 Å². The van der Waals surface area contributed by atoms with Gasteiger partial charge >= 0.3 is 0 Å². The fourth-order valence-corrected chi connectivity index (χ4v) is 4.57. The maximum absolute atomic E-state index is 12.8. The van der Waals surface area contributed by atoms with Gasteiger partial charge in [-0.05, 0) is 44.4 Å². The molecule has 2 aliphatic rings. The van der Waals surface area contributed by atoms with Crippen LogP contribution in [0, 0.1) is 5.92 Å². The zero-order chi connectivity index (χ0) is 20.9. The summed E-state index contributed by atoms with van der Waals surface area (Å²) >= 11 is 0. The van der Waals surface area contributed by atoms with E-state index >= 15 is 0 Å². The number of nitrogens with one attached hydrogen (secondary N) is 2. The Hall–Kier alpha value is -2.38. The summed E-state index contributed by atoms with van der Waals surface area (Å²) in [4.78, 5) is 32.9. The molecule has 0 aliphatic carbocycles. The van der Waals surface area contributed by atoms with Gasteiger partial charge in [0.25, 0.3) is 0 Å². The molecule has 2 unspecified atom stereocenters. The average Bonchev–Trinajstić information content (AvgIpc) is 3.22. The highest BCUT2D eigenvalue weighted by Gasteiger charge is 2.33. The maximum Gasteiger partial charge on any atom is 0.237 e. The van der Waals surface area contributed by atoms with Crippen molar-refractivity contribution in [3.63, 3.8) is 0 Å². The standard InChI is InChI=1S/C23H32N4O3/c1-17(22(28)24-9-8-18-15-25-21-7-3-2-6-20(18)21)27-10-4-5-19(16-27)23(29)26-11-13-30-14-12-26/h2-3,6-7,15,17,19,25H,4-5,8-14,16H2,1H3,(H,24,28). The van der Waals surface area contributed by atoms with Gasteiger partial charge in [0.1, 0.15) is 0 Å². The van der Waals surface area contributed by atoms with Crippen LogP contribution in [0.4, 0.5) is 0 Å². The number of rotatable bonds is 6. The van der Waals surface area contributed by atoms with E-state index < -0.39 is 0 Å². The number of hydrogen-bond acceptors (Lipinski definition) is 4. The number of amides is 2. The number of morpholine rings is 1. The van der Waals surface area contributed by atoms with Crippen LogP contribution in [0.2, 0.25) is 0 Å². The van der Waals surface area contributed by atoms with Gasteiger partial charge in [0.15, 0.2) is 0 Å². The van der Waals surface area contributed by atoms with E-state index in [-0.39, 0.29) is 23.8 Å². The summed E-state index contributed by atoms with van der Waals surface area (Å²) < 4.78 is 5.36. The Morgan fingerprint density at radius 3 is 2.87 bits per heavy atom. The summed E-state index contributed by atoms with van der Waals surface area (Å²) in [6.07, 6.45) is 4.67. The Morgan fingerprint density at radius 1 is 1.23 bits per heavy atom. The van der Waals surface area contributed by atoms with Gasteiger partial charge in [-0.1, -0.05) is 18.2 Å². The number of piperidine rings is 1. The smallest absolute Gasteiger partial charge is 0.237 e. The molecule has 2 aliphatic heterocycles. The van der Waals surface area contributed by atoms with E-state index in [4.69, 9.17) is 4.74 Å². The lowest BCUT2D eigenvalue weighted by atomic mass is 9.95. The fourth-order valence-electron chi connectivity index (χ4n) is 4.57. The molecule has 1 aromatic carbocycles. The molecule has 4 rings (SSSR count). The Morgan fingerprint density at radius 2 is 2.03 bits per heavy atom. The lowest BCUT2D eigenvalue weighted by molar-refractivity contribution is -0.142. The van der Waals surface area contributed by atoms with Crippen molar-refractivity contribution in [2.75, 3.05) is 45.9 Å². The van der Waals surface area contributed by atoms with Crippen LogP contribution in [0.1, 0.15) is 25.3 Å². The highest BCUT2D eigenvalue weighted by Crippen LogP contribution is 2.22. The van der Waals surface area contributed by atoms with E-state index in [1.807, 2.05) is 30.2 Å². The molecule has 0 saturated carbocycles. The van der Waals surface area contributed by atoms with Crippen LogP contribution in [0.15, 0.2) is 30.5 Å². The van der Waals surface area contributed by atoms with Crippen LogP contribution < -0.4 is 5.32 Å². The number of ether oxygens (including phenoxy) is 1. The lowest BCUT2D eigenvalue weighted by Crippen LogP contribution is -2.53. The molecule has 2 N–H and O–H groups in total. The van der Waals surface area contributed by atoms with E-state index in [0.29, 0.717) is 39.4 Å². The molecular weight excluding hydrogens is 380 g/mol. The highest BCUT2D eigenvalue weighted by molar-refractivity contribution is 5.84. The van der Waals surface area contributed by atoms with Crippen molar-refractivity contribution in [1.82, 2.24) is 20.1 Å². The molecule has 0 spiro atoms. The molecular formula is C23H32N4O3. The number of aromatic nitrogens is 1. The molecule has 2 saturated heterocycles. The minimum Gasteiger partial charge on any atom is -0.378 e. The number of aromatic amines is 1. The monoisotopic (exact) mass is 412 g/mol. The predicted octanol–water partition coefficient (Wildman–Crippen LogP) is 1.79. The maximum atomic E-state index is 12.8. The highest BCUT2D eigenvalue weighted by atomic mass is 16.5. The Labute approximate surface area is 177 Å². The third-order valence-electron chi connectivity index (χ3n) is 6.42. The summed E-state index contributed by atoms with van der Waals surface area (Å²) in [5.41, 5.74) is 2.34. The van der Waals surface area contributed by atoms with Gasteiger partial charge in [-0.15, -0.1) is 0 Å². The van der Waals surface area contributed by atoms with Gasteiger partial charge in [-0.25, -0.2) is 0 Å². The zero-order valence-corrected chi connectivity index (χ0v) is 17.7. The van der Waals surface area contributed by atoms with Crippen molar-refractivity contribution in [1.29, 1.82) is 0 Å². The average molecular weight is 413 g/mol. The van der Waals surface area contributed by atoms with Crippen LogP contribution in [0.3, 0.4) is 0 Å². The van der Waals surface area contributed by atoms with Gasteiger partial charge in [-0.2, -0.15) is 0 Å². The number of benzene rings is 1. The summed E-state index contributed by atoms with van der Waals surface area (Å²) in [5, 5.41) is 4.29. The molecule has 0 radical (unpaired) electrons. The van der Waals surface area contributed by atoms with Gasteiger partial charge < -0.3 is 19.9 Å². The third-order valence-corrected chi connectivity index (χ3v) is 6.42. The lowest BCUT2D eigenvalue weighted by Gasteiger charge is -2.38. The number of nitrogens with zero attached hydrogens (tertiary/aromatic N) is 2. The van der Waals surface area contributed by atoms with E-state index in [2.05, 4.69) is 27.3 Å². The molecule has 7 nitrogen and oxygen atoms in total. The zero-order valence-electron chi connectivity index (χ0n) is 17.7. The molecule has 2 aromatic rings. The normalized spacial score (nSPS) is 21.5. The first-order chi connectivity index (χ1) is 14.6. The second-order valence-corrected chi connectivity index (χ2v) is 8.35. The first-order valence-corrected chi connectivity index (χ1v) is 11.1. The van der Waals surface area contributed by atoms with E-state index in [0.717, 1.165) is 31.3 Å². The number of hydrogen-bond donors (Lipinski definition) is 2. The molecule has 2 atom stereocenters. The molecule has 2 amide bonds. The van der Waals surface area contributed by atoms with Crippen molar-refractivity contribution >= 4 is 22.7 Å². The van der Waals surface area contributed by atoms with Gasteiger partial charge in [0.2, 0.25) is 11.8 Å². The summed E-state index contributed by atoms with van der Waals surface area (Å²) in [6.45, 7) is 6.68. The predicted molar refractivity (Wildman–Crippen MR) is 116 cm³/mol. The van der Waals surface area contributed by atoms with Gasteiger partial charge in [0.05, 0.1) is 25.2 Å². The van der Waals surface area contributed by atoms with Crippen LogP contribution >= 0.6 is 0 Å². The third kappa shape index (κ3) is 4.68. The molecule has 0 bridgehead atoms. The SMILES string of the molecule is CC(C(=O)NCCc1c[nH]c2ccccc12)N1CCCC(C(=O)N2CCOCC2)C1. The quantitative estimate of drug-likeness (QED) is 0.758. The van der Waals surface area contributed by atoms with Crippen molar-refractivity contribution in [2.24, 2.45) is 5.92 Å². The first kappa shape index (κ1) is 20.9. The molecule has 162 valence electrons. The van der Waals surface area contributed by atoms with Crippen LogP contribution in [0.5, 0.6) is 0 Å². The van der Waals surface area contributed by atoms with Gasteiger partial charge in [0, 0.05) is 43.3 Å². The molecule has 3 heterocycles. The Bertz CT molecular complexity index is 874. The summed E-state index contributed by atoms with van der Waals surface area (Å²) in [7, 11) is 0. The minimum absolute atomic E-state index is 0.0154. The molecule has 2 fully saturated rings. The van der Waals surface area contributed by atoms with Crippen molar-refractivity contribution in [3.05, 3.63) is 36.0 Å². The largest absolute Gasteiger partial charge is 0.378 e. The van der Waals surface area contributed by atoms with E-state index in [1.54, 1.807) is 0 Å². The van der Waals surface area contributed by atoms with Crippen molar-refractivity contribution in [3.8, 4) is 0 Å². The second-order valence-electron chi connectivity index (χ2n) is 8.35. The minimum atomic E-state index is -0.228. The van der Waals surface area contributed by atoms with Crippen molar-refractivity contribution in [2.45, 2.75) is 32.2 Å². The summed E-state index contributed by atoms with van der Waals surface area (Å²) in [5.74, 6) is 0.238. The fraction of sp³-hybridized carbons (Fsp3) is 0.565. The topological polar surface area (TPSA) is 77.7 Å². The number of carbonyl (C=O) groups excluding carboxylic acids is 2. The number of H-pyrrole nitrogens is 1. The molecule has 1 aromatic heterocycles. The molecule has 30 heavy (non-hydrogen) atoms. The van der Waals surface area contributed by atoms with E-state index in [9.17, 15) is 9.59 Å². The number of carbonyl (C=O) groups is 2. The number of likely N-dealkylation sites (tertiary alicyclic amines) is 1. The molecule has 7 heteroatoms. The Balaban J connectivity index is 1.27. The van der Waals surface area contributed by atoms with Crippen molar-refractivity contribution < 1.29 is 14.3 Å². The number of para-hydroxylation sites is 1. The Kier molecular flexibility index (Phi) is 6.69. The first-order valence-electron chi connectivity index (χ1n) is 11.1. The van der Waals surface area contributed by atoms with Crippen LogP contribution in [-0.2, 0) is 20.7 Å².